The molecule has 58 heavy (non-hydrogen) atoms. The minimum absolute atomic E-state index is 0.862. The first kappa shape index (κ1) is 32.8. The molecule has 0 radical (unpaired) electrons. The van der Waals surface area contributed by atoms with Crippen molar-refractivity contribution in [2.24, 2.45) is 0 Å². The molecule has 0 fully saturated rings. The molecule has 0 atom stereocenters. The summed E-state index contributed by atoms with van der Waals surface area (Å²) in [5.74, 6) is 0. The highest BCUT2D eigenvalue weighted by Gasteiger charge is 2.25. The predicted molar refractivity (Wildman–Crippen MR) is 247 cm³/mol. The molecule has 0 saturated heterocycles. The van der Waals surface area contributed by atoms with Gasteiger partial charge in [0.2, 0.25) is 0 Å². The van der Waals surface area contributed by atoms with Crippen molar-refractivity contribution < 1.29 is 4.42 Å². The Morgan fingerprint density at radius 1 is 0.414 bits per heavy atom. The minimum Gasteiger partial charge on any atom is -0.455 e. The van der Waals surface area contributed by atoms with Gasteiger partial charge in [0.15, 0.2) is 0 Å². The van der Waals surface area contributed by atoms with Gasteiger partial charge in [-0.05, 0) is 90.0 Å². The van der Waals surface area contributed by atoms with Crippen molar-refractivity contribution in [3.8, 4) is 27.9 Å². The van der Waals surface area contributed by atoms with Gasteiger partial charge in [-0.25, -0.2) is 0 Å². The molecule has 0 aliphatic carbocycles. The van der Waals surface area contributed by atoms with E-state index in [1.54, 1.807) is 0 Å². The van der Waals surface area contributed by atoms with Gasteiger partial charge in [-0.1, -0.05) is 127 Å². The SMILES string of the molecule is c1ccc(N(c2ccc(-c3ccc4sc5ccccc5c4c3)cc2)c2ccc3c(oc4ccccc43)c2-c2ccccc2-n2c3ccccc3c3ccccc32)cc1. The van der Waals surface area contributed by atoms with Crippen molar-refractivity contribution in [2.75, 3.05) is 4.90 Å². The molecule has 3 aromatic heterocycles. The van der Waals surface area contributed by atoms with Crippen molar-refractivity contribution in [1.29, 1.82) is 0 Å². The third-order valence-electron chi connectivity index (χ3n) is 11.6. The zero-order chi connectivity index (χ0) is 38.2. The summed E-state index contributed by atoms with van der Waals surface area (Å²) in [5.41, 5.74) is 12.8. The monoisotopic (exact) mass is 758 g/mol. The van der Waals surface area contributed by atoms with Crippen LogP contribution in [0.15, 0.2) is 211 Å². The lowest BCUT2D eigenvalue weighted by Gasteiger charge is -2.29. The van der Waals surface area contributed by atoms with Crippen molar-refractivity contribution in [1.82, 2.24) is 4.57 Å². The van der Waals surface area contributed by atoms with Crippen LogP contribution >= 0.6 is 11.3 Å². The quantitative estimate of drug-likeness (QED) is 0.168. The van der Waals surface area contributed by atoms with Gasteiger partial charge >= 0.3 is 0 Å². The average molecular weight is 759 g/mol. The van der Waals surface area contributed by atoms with Crippen LogP contribution in [0.4, 0.5) is 17.1 Å². The first-order valence-corrected chi connectivity index (χ1v) is 20.5. The molecule has 0 amide bonds. The second-order valence-electron chi connectivity index (χ2n) is 14.8. The largest absolute Gasteiger partial charge is 0.455 e. The molecule has 12 aromatic rings. The Kier molecular flexibility index (Phi) is 7.40. The summed E-state index contributed by atoms with van der Waals surface area (Å²) in [5, 5.41) is 7.27. The van der Waals surface area contributed by atoms with Gasteiger partial charge in [0.25, 0.3) is 0 Å². The van der Waals surface area contributed by atoms with E-state index >= 15 is 0 Å². The normalized spacial score (nSPS) is 11.8. The number of benzene rings is 9. The molecule has 3 heterocycles. The fourth-order valence-corrected chi connectivity index (χ4v) is 10.1. The number of hydrogen-bond acceptors (Lipinski definition) is 3. The van der Waals surface area contributed by atoms with Crippen LogP contribution in [0.3, 0.4) is 0 Å². The summed E-state index contributed by atoms with van der Waals surface area (Å²) in [6.07, 6.45) is 0. The minimum atomic E-state index is 0.862. The second kappa shape index (κ2) is 13.1. The van der Waals surface area contributed by atoms with E-state index in [0.717, 1.165) is 55.8 Å². The van der Waals surface area contributed by atoms with Gasteiger partial charge in [-0.2, -0.15) is 0 Å². The molecule has 272 valence electrons. The predicted octanol–water partition coefficient (Wildman–Crippen LogP) is 15.9. The standard InChI is InChI=1S/C54H34N2OS/c1-2-14-37(15-3-1)55(38-29-26-35(27-30-38)36-28-33-52-45(34-36)42-19-8-13-25-51(42)58-52)49-32-31-43-41-18-7-12-24-50(41)57-54(43)53(49)44-20-6-11-23-48(44)56-46-21-9-4-16-39(46)40-17-5-10-22-47(40)56/h1-34H. The lowest BCUT2D eigenvalue weighted by Crippen LogP contribution is -2.11. The van der Waals surface area contributed by atoms with Gasteiger partial charge in [-0.3, -0.25) is 0 Å². The summed E-state index contributed by atoms with van der Waals surface area (Å²) >= 11 is 1.85. The number of para-hydroxylation sites is 5. The topological polar surface area (TPSA) is 21.3 Å². The Hall–Kier alpha value is -7.40. The highest BCUT2D eigenvalue weighted by Crippen LogP contribution is 2.49. The average Bonchev–Trinajstić information content (AvgIpc) is 3.96. The van der Waals surface area contributed by atoms with Crippen LogP contribution in [0.5, 0.6) is 0 Å². The third-order valence-corrected chi connectivity index (χ3v) is 12.8. The molecule has 0 bridgehead atoms. The maximum Gasteiger partial charge on any atom is 0.145 e. The Morgan fingerprint density at radius 2 is 1.02 bits per heavy atom. The van der Waals surface area contributed by atoms with Crippen LogP contribution in [-0.2, 0) is 0 Å². The Labute approximate surface area is 338 Å². The van der Waals surface area contributed by atoms with E-state index in [0.29, 0.717) is 0 Å². The smallest absolute Gasteiger partial charge is 0.145 e. The molecule has 0 unspecified atom stereocenters. The van der Waals surface area contributed by atoms with Crippen LogP contribution in [0.2, 0.25) is 0 Å². The summed E-state index contributed by atoms with van der Waals surface area (Å²) in [6, 6.07) is 74.4. The first-order chi connectivity index (χ1) is 28.8. The van der Waals surface area contributed by atoms with E-state index in [9.17, 15) is 0 Å². The Bertz CT molecular complexity index is 3460. The fourth-order valence-electron chi connectivity index (χ4n) is 9.00. The first-order valence-electron chi connectivity index (χ1n) is 19.7. The molecule has 0 aliphatic heterocycles. The van der Waals surface area contributed by atoms with Crippen molar-refractivity contribution in [2.45, 2.75) is 0 Å². The third kappa shape index (κ3) is 5.05. The number of nitrogens with zero attached hydrogens (tertiary/aromatic N) is 2. The molecular formula is C54H34N2OS. The van der Waals surface area contributed by atoms with E-state index in [-0.39, 0.29) is 0 Å². The maximum atomic E-state index is 6.95. The van der Waals surface area contributed by atoms with Crippen LogP contribution in [-0.4, -0.2) is 4.57 Å². The molecule has 3 nitrogen and oxygen atoms in total. The zero-order valence-electron chi connectivity index (χ0n) is 31.3. The number of thiophene rings is 1. The van der Waals surface area contributed by atoms with Gasteiger partial charge < -0.3 is 13.9 Å². The summed E-state index contributed by atoms with van der Waals surface area (Å²) < 4.78 is 12.0. The number of rotatable bonds is 6. The van der Waals surface area contributed by atoms with Crippen LogP contribution in [0.1, 0.15) is 0 Å². The number of fused-ring (bicyclic) bond motifs is 9. The molecule has 0 saturated carbocycles. The molecule has 0 aliphatic rings. The van der Waals surface area contributed by atoms with Crippen molar-refractivity contribution in [3.05, 3.63) is 206 Å². The summed E-state index contributed by atoms with van der Waals surface area (Å²) in [4.78, 5) is 2.38. The summed E-state index contributed by atoms with van der Waals surface area (Å²) in [6.45, 7) is 0. The van der Waals surface area contributed by atoms with Crippen molar-refractivity contribution >= 4 is 92.3 Å². The maximum absolute atomic E-state index is 6.95. The molecule has 0 N–H and O–H groups in total. The van der Waals surface area contributed by atoms with Crippen LogP contribution in [0.25, 0.3) is 91.9 Å². The Morgan fingerprint density at radius 3 is 1.81 bits per heavy atom. The highest BCUT2D eigenvalue weighted by molar-refractivity contribution is 7.25. The zero-order valence-corrected chi connectivity index (χ0v) is 32.2. The van der Waals surface area contributed by atoms with E-state index in [1.807, 2.05) is 17.4 Å². The fraction of sp³-hybridized carbons (Fsp3) is 0. The molecule has 12 rings (SSSR count). The van der Waals surface area contributed by atoms with Crippen LogP contribution < -0.4 is 4.90 Å². The summed E-state index contributed by atoms with van der Waals surface area (Å²) in [7, 11) is 0. The van der Waals surface area contributed by atoms with E-state index in [1.165, 1.54) is 53.1 Å². The molecule has 0 spiro atoms. The number of hydrogen-bond donors (Lipinski definition) is 0. The lowest BCUT2D eigenvalue weighted by molar-refractivity contribution is 0.670. The molecular weight excluding hydrogens is 725 g/mol. The Balaban J connectivity index is 1.10. The van der Waals surface area contributed by atoms with E-state index in [4.69, 9.17) is 4.42 Å². The second-order valence-corrected chi connectivity index (χ2v) is 15.9. The number of aromatic nitrogens is 1. The highest BCUT2D eigenvalue weighted by atomic mass is 32.1. The van der Waals surface area contributed by atoms with Gasteiger partial charge in [0.1, 0.15) is 11.2 Å². The van der Waals surface area contributed by atoms with Crippen LogP contribution in [0, 0.1) is 0 Å². The molecule has 4 heteroatoms. The molecule has 9 aromatic carbocycles. The number of furan rings is 1. The van der Waals surface area contributed by atoms with Gasteiger partial charge in [0, 0.05) is 58.7 Å². The lowest BCUT2D eigenvalue weighted by atomic mass is 9.96. The van der Waals surface area contributed by atoms with E-state index < -0.39 is 0 Å². The van der Waals surface area contributed by atoms with E-state index in [2.05, 4.69) is 210 Å². The van der Waals surface area contributed by atoms with Crippen molar-refractivity contribution in [3.63, 3.8) is 0 Å². The van der Waals surface area contributed by atoms with Gasteiger partial charge in [-0.15, -0.1) is 11.3 Å². The number of anilines is 3. The van der Waals surface area contributed by atoms with Gasteiger partial charge in [0.05, 0.1) is 28.0 Å².